The quantitative estimate of drug-likeness (QED) is 0.586. The Labute approximate surface area is 146 Å². The molecule has 0 fully saturated rings. The van der Waals surface area contributed by atoms with Crippen molar-refractivity contribution in [2.45, 2.75) is 13.3 Å². The van der Waals surface area contributed by atoms with Crippen molar-refractivity contribution in [3.05, 3.63) is 59.1 Å². The molecule has 0 saturated carbocycles. The summed E-state index contributed by atoms with van der Waals surface area (Å²) in [4.78, 5) is 11.8. The van der Waals surface area contributed by atoms with Gasteiger partial charge in [0, 0.05) is 5.56 Å². The second kappa shape index (κ2) is 9.57. The molecule has 0 radical (unpaired) electrons. The molecule has 0 saturated heterocycles. The maximum Gasteiger partial charge on any atom is 0.277 e. The van der Waals surface area contributed by atoms with Crippen LogP contribution in [0.4, 0.5) is 0 Å². The van der Waals surface area contributed by atoms with Crippen molar-refractivity contribution in [1.29, 1.82) is 0 Å². The Hall–Kier alpha value is -2.53. The molecular formula is C18H19ClN2O3. The summed E-state index contributed by atoms with van der Waals surface area (Å²) in [5, 5.41) is 4.38. The van der Waals surface area contributed by atoms with E-state index in [-0.39, 0.29) is 12.5 Å². The molecular weight excluding hydrogens is 328 g/mol. The standard InChI is InChI=1S/C18H19ClN2O3/c1-2-11-23-16-9-5-3-7-14(16)12-20-21-18(22)13-24-17-10-6-4-8-15(17)19/h3-10,12H,2,11,13H2,1H3,(H,21,22)/b20-12-. The van der Waals surface area contributed by atoms with E-state index in [1.54, 1.807) is 30.5 Å². The van der Waals surface area contributed by atoms with E-state index in [0.717, 1.165) is 17.7 Å². The number of carbonyl (C=O) groups excluding carboxylic acids is 1. The van der Waals surface area contributed by atoms with Crippen molar-refractivity contribution in [2.24, 2.45) is 5.10 Å². The minimum absolute atomic E-state index is 0.172. The number of benzene rings is 2. The average molecular weight is 347 g/mol. The first-order valence-corrected chi connectivity index (χ1v) is 7.99. The molecule has 0 aliphatic heterocycles. The number of hydrogen-bond donors (Lipinski definition) is 1. The van der Waals surface area contributed by atoms with Crippen LogP contribution in [0.3, 0.4) is 0 Å². The van der Waals surface area contributed by atoms with Gasteiger partial charge in [0.2, 0.25) is 0 Å². The summed E-state index contributed by atoms with van der Waals surface area (Å²) in [6, 6.07) is 14.4. The number of halogens is 1. The lowest BCUT2D eigenvalue weighted by Gasteiger charge is -2.08. The Morgan fingerprint density at radius 3 is 2.58 bits per heavy atom. The number of ether oxygens (including phenoxy) is 2. The highest BCUT2D eigenvalue weighted by Crippen LogP contribution is 2.22. The maximum absolute atomic E-state index is 11.8. The molecule has 2 aromatic carbocycles. The van der Waals surface area contributed by atoms with Gasteiger partial charge in [-0.1, -0.05) is 42.8 Å². The largest absolute Gasteiger partial charge is 0.493 e. The maximum atomic E-state index is 11.8. The third-order valence-corrected chi connectivity index (χ3v) is 3.28. The number of hydrazone groups is 1. The fourth-order valence-corrected chi connectivity index (χ4v) is 2.03. The van der Waals surface area contributed by atoms with E-state index in [9.17, 15) is 4.79 Å². The summed E-state index contributed by atoms with van der Waals surface area (Å²) in [5.41, 5.74) is 3.20. The van der Waals surface area contributed by atoms with Crippen LogP contribution in [0.25, 0.3) is 0 Å². The monoisotopic (exact) mass is 346 g/mol. The van der Waals surface area contributed by atoms with E-state index < -0.39 is 0 Å². The van der Waals surface area contributed by atoms with Gasteiger partial charge in [-0.15, -0.1) is 0 Å². The van der Waals surface area contributed by atoms with Crippen LogP contribution in [-0.2, 0) is 4.79 Å². The highest BCUT2D eigenvalue weighted by atomic mass is 35.5. The fourth-order valence-electron chi connectivity index (χ4n) is 1.84. The van der Waals surface area contributed by atoms with Crippen LogP contribution in [0.15, 0.2) is 53.6 Å². The molecule has 1 N–H and O–H groups in total. The summed E-state index contributed by atoms with van der Waals surface area (Å²) in [5.74, 6) is 0.805. The molecule has 0 bridgehead atoms. The molecule has 0 aliphatic carbocycles. The van der Waals surface area contributed by atoms with Crippen LogP contribution < -0.4 is 14.9 Å². The summed E-state index contributed by atoms with van der Waals surface area (Å²) >= 11 is 5.95. The van der Waals surface area contributed by atoms with Gasteiger partial charge in [-0.05, 0) is 30.7 Å². The number of carbonyl (C=O) groups is 1. The van der Waals surface area contributed by atoms with Gasteiger partial charge < -0.3 is 9.47 Å². The second-order valence-electron chi connectivity index (χ2n) is 4.90. The van der Waals surface area contributed by atoms with Gasteiger partial charge in [0.15, 0.2) is 6.61 Å². The molecule has 0 aromatic heterocycles. The van der Waals surface area contributed by atoms with Crippen LogP contribution in [0.2, 0.25) is 5.02 Å². The van der Waals surface area contributed by atoms with Gasteiger partial charge in [-0.3, -0.25) is 4.79 Å². The van der Waals surface area contributed by atoms with Crippen molar-refractivity contribution in [1.82, 2.24) is 5.43 Å². The third kappa shape index (κ3) is 5.59. The van der Waals surface area contributed by atoms with Gasteiger partial charge in [0.1, 0.15) is 11.5 Å². The topological polar surface area (TPSA) is 59.9 Å². The summed E-state index contributed by atoms with van der Waals surface area (Å²) < 4.78 is 11.0. The molecule has 0 spiro atoms. The zero-order chi connectivity index (χ0) is 17.2. The predicted molar refractivity (Wildman–Crippen MR) is 94.9 cm³/mol. The first-order valence-electron chi connectivity index (χ1n) is 7.61. The number of rotatable bonds is 8. The SMILES string of the molecule is CCCOc1ccccc1/C=N\NC(=O)COc1ccccc1Cl. The molecule has 0 atom stereocenters. The Balaban J connectivity index is 1.85. The molecule has 0 unspecified atom stereocenters. The van der Waals surface area contributed by atoms with Crippen LogP contribution >= 0.6 is 11.6 Å². The lowest BCUT2D eigenvalue weighted by molar-refractivity contribution is -0.123. The van der Waals surface area contributed by atoms with Crippen LogP contribution in [0.1, 0.15) is 18.9 Å². The predicted octanol–water partition coefficient (Wildman–Crippen LogP) is 3.66. The molecule has 126 valence electrons. The minimum Gasteiger partial charge on any atom is -0.493 e. The highest BCUT2D eigenvalue weighted by Gasteiger charge is 2.04. The van der Waals surface area contributed by atoms with Crippen molar-refractivity contribution in [2.75, 3.05) is 13.2 Å². The van der Waals surface area contributed by atoms with Crippen molar-refractivity contribution in [3.8, 4) is 11.5 Å². The Bertz CT molecular complexity index is 704. The third-order valence-electron chi connectivity index (χ3n) is 2.97. The van der Waals surface area contributed by atoms with Crippen LogP contribution in [0.5, 0.6) is 11.5 Å². The number of nitrogens with one attached hydrogen (secondary N) is 1. The number of amides is 1. The van der Waals surface area contributed by atoms with Gasteiger partial charge >= 0.3 is 0 Å². The normalized spacial score (nSPS) is 10.6. The Morgan fingerprint density at radius 1 is 1.12 bits per heavy atom. The number of para-hydroxylation sites is 2. The number of nitrogens with zero attached hydrogens (tertiary/aromatic N) is 1. The molecule has 2 aromatic rings. The van der Waals surface area contributed by atoms with E-state index in [4.69, 9.17) is 21.1 Å². The van der Waals surface area contributed by atoms with Gasteiger partial charge in [0.25, 0.3) is 5.91 Å². The number of hydrogen-bond acceptors (Lipinski definition) is 4. The van der Waals surface area contributed by atoms with Crippen LogP contribution in [-0.4, -0.2) is 25.3 Å². The van der Waals surface area contributed by atoms with Crippen molar-refractivity contribution < 1.29 is 14.3 Å². The molecule has 0 heterocycles. The molecule has 24 heavy (non-hydrogen) atoms. The highest BCUT2D eigenvalue weighted by molar-refractivity contribution is 6.32. The van der Waals surface area contributed by atoms with Gasteiger partial charge in [-0.2, -0.15) is 5.10 Å². The molecule has 5 nitrogen and oxygen atoms in total. The fraction of sp³-hybridized carbons (Fsp3) is 0.222. The molecule has 1 amide bonds. The van der Waals surface area contributed by atoms with Gasteiger partial charge in [-0.25, -0.2) is 5.43 Å². The molecule has 2 rings (SSSR count). The van der Waals surface area contributed by atoms with Crippen LogP contribution in [0, 0.1) is 0 Å². The summed E-state index contributed by atoms with van der Waals surface area (Å²) in [7, 11) is 0. The molecule has 6 heteroatoms. The zero-order valence-electron chi connectivity index (χ0n) is 13.4. The first kappa shape index (κ1) is 17.8. The van der Waals surface area contributed by atoms with Crippen molar-refractivity contribution >= 4 is 23.7 Å². The average Bonchev–Trinajstić information content (AvgIpc) is 2.60. The summed E-state index contributed by atoms with van der Waals surface area (Å²) in [6.07, 6.45) is 2.46. The minimum atomic E-state index is -0.377. The van der Waals surface area contributed by atoms with E-state index in [1.165, 1.54) is 0 Å². The Kier molecular flexibility index (Phi) is 7.11. The Morgan fingerprint density at radius 2 is 1.83 bits per heavy atom. The van der Waals surface area contributed by atoms with E-state index in [2.05, 4.69) is 10.5 Å². The van der Waals surface area contributed by atoms with E-state index in [0.29, 0.717) is 17.4 Å². The van der Waals surface area contributed by atoms with E-state index in [1.807, 2.05) is 31.2 Å². The smallest absolute Gasteiger partial charge is 0.277 e. The second-order valence-corrected chi connectivity index (χ2v) is 5.31. The van der Waals surface area contributed by atoms with Gasteiger partial charge in [0.05, 0.1) is 17.8 Å². The first-order chi connectivity index (χ1) is 11.7. The van der Waals surface area contributed by atoms with Crippen molar-refractivity contribution in [3.63, 3.8) is 0 Å². The van der Waals surface area contributed by atoms with E-state index >= 15 is 0 Å². The zero-order valence-corrected chi connectivity index (χ0v) is 14.1. The summed E-state index contributed by atoms with van der Waals surface area (Å²) in [6.45, 7) is 2.49. The molecule has 0 aliphatic rings. The lowest BCUT2D eigenvalue weighted by atomic mass is 10.2. The lowest BCUT2D eigenvalue weighted by Crippen LogP contribution is -2.24.